The molecule has 1 aliphatic rings. The van der Waals surface area contributed by atoms with Gasteiger partial charge in [-0.15, -0.1) is 0 Å². The van der Waals surface area contributed by atoms with E-state index >= 15 is 0 Å². The average Bonchev–Trinajstić information content (AvgIpc) is 2.56. The van der Waals surface area contributed by atoms with Crippen LogP contribution in [-0.2, 0) is 12.0 Å². The van der Waals surface area contributed by atoms with E-state index in [9.17, 15) is 14.0 Å². The molecule has 4 heteroatoms. The predicted molar refractivity (Wildman–Crippen MR) is 84.6 cm³/mol. The van der Waals surface area contributed by atoms with Crippen LogP contribution in [0, 0.1) is 23.0 Å². The molecule has 3 rings (SSSR count). The van der Waals surface area contributed by atoms with Crippen LogP contribution in [0.3, 0.4) is 0 Å². The Morgan fingerprint density at radius 2 is 1.61 bits per heavy atom. The number of nitriles is 1. The fraction of sp³-hybridized carbons (Fsp3) is 0.316. The molecule has 0 saturated carbocycles. The van der Waals surface area contributed by atoms with Crippen molar-refractivity contribution in [2.24, 2.45) is 0 Å². The molecule has 1 saturated heterocycles. The van der Waals surface area contributed by atoms with Crippen molar-refractivity contribution < 1.29 is 8.78 Å². The summed E-state index contributed by atoms with van der Waals surface area (Å²) >= 11 is 0. The van der Waals surface area contributed by atoms with Gasteiger partial charge in [-0.05, 0) is 36.1 Å². The van der Waals surface area contributed by atoms with Crippen molar-refractivity contribution in [2.75, 3.05) is 13.1 Å². The van der Waals surface area contributed by atoms with E-state index in [4.69, 9.17) is 0 Å². The predicted octanol–water partition coefficient (Wildman–Crippen LogP) is 4.02. The Morgan fingerprint density at radius 1 is 1.00 bits per heavy atom. The highest BCUT2D eigenvalue weighted by atomic mass is 19.1. The Kier molecular flexibility index (Phi) is 4.40. The first-order valence-corrected chi connectivity index (χ1v) is 7.75. The van der Waals surface area contributed by atoms with Crippen molar-refractivity contribution in [2.45, 2.75) is 24.8 Å². The molecule has 1 aliphatic heterocycles. The molecule has 23 heavy (non-hydrogen) atoms. The topological polar surface area (TPSA) is 27.0 Å². The largest absolute Gasteiger partial charge is 0.299 e. The van der Waals surface area contributed by atoms with Gasteiger partial charge in [0, 0.05) is 25.7 Å². The van der Waals surface area contributed by atoms with Gasteiger partial charge in [0.1, 0.15) is 11.6 Å². The highest BCUT2D eigenvalue weighted by molar-refractivity contribution is 5.33. The van der Waals surface area contributed by atoms with Crippen LogP contribution in [0.4, 0.5) is 8.78 Å². The summed E-state index contributed by atoms with van der Waals surface area (Å²) in [6.45, 7) is 1.98. The van der Waals surface area contributed by atoms with E-state index < -0.39 is 17.0 Å². The number of halogens is 2. The molecule has 2 aromatic rings. The standard InChI is InChI=1S/C19H18F2N2/c20-17-10-15(11-18(21)12-17)13-23-8-6-19(14-22,7-9-23)16-4-2-1-3-5-16/h1-5,10-12H,6-9,13H2. The Morgan fingerprint density at radius 3 is 2.17 bits per heavy atom. The average molecular weight is 312 g/mol. The minimum Gasteiger partial charge on any atom is -0.299 e. The summed E-state index contributed by atoms with van der Waals surface area (Å²) in [5.74, 6) is -1.10. The first kappa shape index (κ1) is 15.6. The summed E-state index contributed by atoms with van der Waals surface area (Å²) in [5.41, 5.74) is 1.23. The van der Waals surface area contributed by atoms with E-state index in [2.05, 4.69) is 11.0 Å². The lowest BCUT2D eigenvalue weighted by molar-refractivity contribution is 0.179. The molecule has 1 heterocycles. The van der Waals surface area contributed by atoms with Crippen molar-refractivity contribution in [3.05, 3.63) is 71.3 Å². The van der Waals surface area contributed by atoms with Gasteiger partial charge in [0.2, 0.25) is 0 Å². The van der Waals surface area contributed by atoms with Gasteiger partial charge in [-0.2, -0.15) is 5.26 Å². The summed E-state index contributed by atoms with van der Waals surface area (Å²) in [4.78, 5) is 2.15. The first-order valence-electron chi connectivity index (χ1n) is 7.75. The van der Waals surface area contributed by atoms with Crippen molar-refractivity contribution >= 4 is 0 Å². The van der Waals surface area contributed by atoms with Crippen LogP contribution in [0.2, 0.25) is 0 Å². The minimum atomic E-state index is -0.548. The molecular formula is C19H18F2N2. The van der Waals surface area contributed by atoms with Gasteiger partial charge in [-0.3, -0.25) is 4.90 Å². The maximum Gasteiger partial charge on any atom is 0.126 e. The smallest absolute Gasteiger partial charge is 0.126 e. The maximum atomic E-state index is 13.3. The lowest BCUT2D eigenvalue weighted by Gasteiger charge is -2.37. The van der Waals surface area contributed by atoms with Gasteiger partial charge in [0.25, 0.3) is 0 Å². The minimum absolute atomic E-state index is 0.453. The van der Waals surface area contributed by atoms with E-state index in [1.54, 1.807) is 0 Å². The Bertz CT molecular complexity index is 694. The molecule has 0 bridgehead atoms. The van der Waals surface area contributed by atoms with E-state index in [-0.39, 0.29) is 0 Å². The molecule has 0 aromatic heterocycles. The number of hydrogen-bond donors (Lipinski definition) is 0. The number of piperidine rings is 1. The van der Waals surface area contributed by atoms with Crippen LogP contribution in [-0.4, -0.2) is 18.0 Å². The molecule has 0 unspecified atom stereocenters. The summed E-state index contributed by atoms with van der Waals surface area (Å²) < 4.78 is 26.6. The van der Waals surface area contributed by atoms with Crippen molar-refractivity contribution in [3.8, 4) is 6.07 Å². The molecule has 118 valence electrons. The number of rotatable bonds is 3. The maximum absolute atomic E-state index is 13.3. The molecule has 0 amide bonds. The Labute approximate surface area is 135 Å². The van der Waals surface area contributed by atoms with Gasteiger partial charge >= 0.3 is 0 Å². The lowest BCUT2D eigenvalue weighted by Crippen LogP contribution is -2.41. The quantitative estimate of drug-likeness (QED) is 0.856. The monoisotopic (exact) mass is 312 g/mol. The molecular weight excluding hydrogens is 294 g/mol. The van der Waals surface area contributed by atoms with Gasteiger partial charge < -0.3 is 0 Å². The summed E-state index contributed by atoms with van der Waals surface area (Å²) in [6.07, 6.45) is 1.45. The normalized spacial score (nSPS) is 17.6. The third-order valence-corrected chi connectivity index (χ3v) is 4.58. The van der Waals surface area contributed by atoms with Crippen molar-refractivity contribution in [1.29, 1.82) is 5.26 Å². The van der Waals surface area contributed by atoms with Crippen molar-refractivity contribution in [1.82, 2.24) is 4.90 Å². The molecule has 0 radical (unpaired) electrons. The van der Waals surface area contributed by atoms with Crippen LogP contribution in [0.25, 0.3) is 0 Å². The fourth-order valence-electron chi connectivity index (χ4n) is 3.28. The second-order valence-electron chi connectivity index (χ2n) is 6.11. The highest BCUT2D eigenvalue weighted by Crippen LogP contribution is 2.35. The van der Waals surface area contributed by atoms with E-state index in [1.807, 2.05) is 30.3 Å². The van der Waals surface area contributed by atoms with Gasteiger partial charge in [0.15, 0.2) is 0 Å². The molecule has 0 atom stereocenters. The SMILES string of the molecule is N#CC1(c2ccccc2)CCN(Cc2cc(F)cc(F)c2)CC1. The van der Waals surface area contributed by atoms with Gasteiger partial charge in [0.05, 0.1) is 11.5 Å². The zero-order valence-corrected chi connectivity index (χ0v) is 12.8. The van der Waals surface area contributed by atoms with E-state index in [0.29, 0.717) is 12.1 Å². The second kappa shape index (κ2) is 6.47. The fourth-order valence-corrected chi connectivity index (χ4v) is 3.28. The third-order valence-electron chi connectivity index (χ3n) is 4.58. The molecule has 2 aromatic carbocycles. The van der Waals surface area contributed by atoms with Gasteiger partial charge in [-0.25, -0.2) is 8.78 Å². The zero-order chi connectivity index (χ0) is 16.3. The van der Waals surface area contributed by atoms with Crippen LogP contribution >= 0.6 is 0 Å². The molecule has 2 nitrogen and oxygen atoms in total. The van der Waals surface area contributed by atoms with Crippen LogP contribution in [0.5, 0.6) is 0 Å². The highest BCUT2D eigenvalue weighted by Gasteiger charge is 2.36. The van der Waals surface area contributed by atoms with E-state index in [0.717, 1.165) is 37.6 Å². The number of hydrogen-bond acceptors (Lipinski definition) is 2. The first-order chi connectivity index (χ1) is 11.1. The molecule has 0 N–H and O–H groups in total. The number of benzene rings is 2. The summed E-state index contributed by atoms with van der Waals surface area (Å²) in [5, 5.41) is 9.68. The Hall–Kier alpha value is -2.25. The number of likely N-dealkylation sites (tertiary alicyclic amines) is 1. The van der Waals surface area contributed by atoms with Crippen LogP contribution < -0.4 is 0 Å². The molecule has 1 fully saturated rings. The third kappa shape index (κ3) is 3.40. The number of nitrogens with zero attached hydrogens (tertiary/aromatic N) is 2. The summed E-state index contributed by atoms with van der Waals surface area (Å²) in [6, 6.07) is 16.0. The van der Waals surface area contributed by atoms with Gasteiger partial charge in [-0.1, -0.05) is 30.3 Å². The Balaban J connectivity index is 1.69. The van der Waals surface area contributed by atoms with Crippen LogP contribution in [0.15, 0.2) is 48.5 Å². The molecule has 0 aliphatic carbocycles. The molecule has 0 spiro atoms. The lowest BCUT2D eigenvalue weighted by atomic mass is 9.74. The zero-order valence-electron chi connectivity index (χ0n) is 12.8. The summed E-state index contributed by atoms with van der Waals surface area (Å²) in [7, 11) is 0. The van der Waals surface area contributed by atoms with E-state index in [1.165, 1.54) is 12.1 Å². The second-order valence-corrected chi connectivity index (χ2v) is 6.11. The van der Waals surface area contributed by atoms with Crippen LogP contribution in [0.1, 0.15) is 24.0 Å². The van der Waals surface area contributed by atoms with Crippen molar-refractivity contribution in [3.63, 3.8) is 0 Å².